The molecule has 0 N–H and O–H groups in total. The number of ether oxygens (including phenoxy) is 1. The van der Waals surface area contributed by atoms with Crippen LogP contribution in [-0.4, -0.2) is 43.7 Å². The molecule has 0 aliphatic carbocycles. The molecule has 0 atom stereocenters. The quantitative estimate of drug-likeness (QED) is 0.254. The molecule has 1 saturated heterocycles. The number of esters is 1. The van der Waals surface area contributed by atoms with Crippen LogP contribution in [0.4, 0.5) is 30.2 Å². The van der Waals surface area contributed by atoms with E-state index in [-0.39, 0.29) is 17.2 Å². The van der Waals surface area contributed by atoms with Crippen LogP contribution in [0.25, 0.3) is 0 Å². The highest BCUT2D eigenvalue weighted by Crippen LogP contribution is 2.32. The first kappa shape index (κ1) is 28.3. The number of amides is 1. The molecule has 3 aromatic carbocycles. The third-order valence-electron chi connectivity index (χ3n) is 6.20. The molecule has 6 nitrogen and oxygen atoms in total. The van der Waals surface area contributed by atoms with E-state index < -0.39 is 23.2 Å². The van der Waals surface area contributed by atoms with E-state index in [1.165, 1.54) is 12.1 Å². The predicted octanol–water partition coefficient (Wildman–Crippen LogP) is 6.79. The molecule has 0 spiro atoms. The molecule has 3 aromatic rings. The predicted molar refractivity (Wildman–Crippen MR) is 147 cm³/mol. The molecule has 0 radical (unpaired) electrons. The van der Waals surface area contributed by atoms with Gasteiger partial charge in [-0.05, 0) is 87.5 Å². The van der Waals surface area contributed by atoms with Gasteiger partial charge in [-0.25, -0.2) is 9.21 Å². The topological polar surface area (TPSA) is 53.1 Å². The number of rotatable bonds is 5. The monoisotopic (exact) mass is 559 g/mol. The Labute approximate surface area is 230 Å². The maximum Gasteiger partial charge on any atom is 0.416 e. The number of nitrogens with zero attached hydrogens (tertiary/aromatic N) is 3. The second-order valence-electron chi connectivity index (χ2n) is 10.2. The normalized spacial score (nSPS) is 14.2. The highest BCUT2D eigenvalue weighted by Gasteiger charge is 2.31. The molecule has 0 bridgehead atoms. The summed E-state index contributed by atoms with van der Waals surface area (Å²) in [5.41, 5.74) is 1.21. The van der Waals surface area contributed by atoms with E-state index in [2.05, 4.69) is 9.80 Å². The molecule has 39 heavy (non-hydrogen) atoms. The Bertz CT molecular complexity index is 1310. The van der Waals surface area contributed by atoms with Gasteiger partial charge in [0.05, 0.1) is 16.8 Å². The van der Waals surface area contributed by atoms with Crippen molar-refractivity contribution in [2.45, 2.75) is 32.5 Å². The second kappa shape index (κ2) is 11.2. The number of benzene rings is 3. The number of carbonyl (C=O) groups excluding carboxylic acids is 2. The lowest BCUT2D eigenvalue weighted by atomic mass is 10.1. The Kier molecular flexibility index (Phi) is 8.11. The highest BCUT2D eigenvalue weighted by molar-refractivity contribution is 6.39. The molecule has 0 aromatic heterocycles. The van der Waals surface area contributed by atoms with Gasteiger partial charge in [0.15, 0.2) is 0 Å². The first-order valence-corrected chi connectivity index (χ1v) is 12.8. The summed E-state index contributed by atoms with van der Waals surface area (Å²) >= 11 is 6.11. The molecule has 1 amide bonds. The van der Waals surface area contributed by atoms with Crippen LogP contribution in [0.1, 0.15) is 47.1 Å². The standard InChI is InChI=1S/C29H29ClF3N3O3/c1-28(2,3)39-27(38)21-9-13-24(14-10-21)35-17-15-34(16-18-35)23-11-7-20(8-12-23)26(37)36(30)25-6-4-5-22(19-25)29(31,32)33/h4-14,19H,15-18H2,1-3H3. The average molecular weight is 560 g/mol. The maximum absolute atomic E-state index is 13.0. The number of hydrogen-bond donors (Lipinski definition) is 0. The van der Waals surface area contributed by atoms with E-state index in [1.807, 2.05) is 32.9 Å². The lowest BCUT2D eigenvalue weighted by Crippen LogP contribution is -2.46. The minimum Gasteiger partial charge on any atom is -0.456 e. The first-order chi connectivity index (χ1) is 18.3. The van der Waals surface area contributed by atoms with E-state index >= 15 is 0 Å². The number of hydrogen-bond acceptors (Lipinski definition) is 5. The fourth-order valence-electron chi connectivity index (χ4n) is 4.22. The van der Waals surface area contributed by atoms with Gasteiger partial charge >= 0.3 is 12.1 Å². The fourth-order valence-corrected chi connectivity index (χ4v) is 4.42. The third-order valence-corrected chi connectivity index (χ3v) is 6.55. The van der Waals surface area contributed by atoms with Crippen LogP contribution in [0.15, 0.2) is 72.8 Å². The van der Waals surface area contributed by atoms with Gasteiger partial charge in [0.2, 0.25) is 0 Å². The number of alkyl halides is 3. The lowest BCUT2D eigenvalue weighted by Gasteiger charge is -2.37. The van der Waals surface area contributed by atoms with Gasteiger partial charge < -0.3 is 14.5 Å². The van der Waals surface area contributed by atoms with Gasteiger partial charge in [-0.15, -0.1) is 0 Å². The smallest absolute Gasteiger partial charge is 0.416 e. The third kappa shape index (κ3) is 7.03. The van der Waals surface area contributed by atoms with Gasteiger partial charge in [0.25, 0.3) is 5.91 Å². The van der Waals surface area contributed by atoms with Crippen molar-refractivity contribution >= 4 is 40.7 Å². The first-order valence-electron chi connectivity index (χ1n) is 12.4. The van der Waals surface area contributed by atoms with Crippen LogP contribution in [-0.2, 0) is 10.9 Å². The highest BCUT2D eigenvalue weighted by atomic mass is 35.5. The molecule has 206 valence electrons. The molecule has 4 rings (SSSR count). The van der Waals surface area contributed by atoms with Crippen LogP contribution >= 0.6 is 11.8 Å². The van der Waals surface area contributed by atoms with Crippen molar-refractivity contribution < 1.29 is 27.5 Å². The molecule has 0 unspecified atom stereocenters. The molecule has 1 heterocycles. The molecule has 0 saturated carbocycles. The summed E-state index contributed by atoms with van der Waals surface area (Å²) < 4.78 is 45.2. The Morgan fingerprint density at radius 2 is 1.28 bits per heavy atom. The molecule has 1 aliphatic heterocycles. The Balaban J connectivity index is 1.35. The lowest BCUT2D eigenvalue weighted by molar-refractivity contribution is -0.137. The summed E-state index contributed by atoms with van der Waals surface area (Å²) in [5.74, 6) is -0.977. The van der Waals surface area contributed by atoms with Crippen LogP contribution < -0.4 is 14.2 Å². The molecular formula is C29H29ClF3N3O3. The van der Waals surface area contributed by atoms with Crippen molar-refractivity contribution in [3.8, 4) is 0 Å². The SMILES string of the molecule is CC(C)(C)OC(=O)c1ccc(N2CCN(c3ccc(C(=O)N(Cl)c4cccc(C(F)(F)F)c4)cc3)CC2)cc1. The van der Waals surface area contributed by atoms with E-state index in [4.69, 9.17) is 16.5 Å². The summed E-state index contributed by atoms with van der Waals surface area (Å²) in [6.45, 7) is 8.50. The summed E-state index contributed by atoms with van der Waals surface area (Å²) in [5, 5.41) is 0. The zero-order valence-corrected chi connectivity index (χ0v) is 22.6. The van der Waals surface area contributed by atoms with E-state index in [0.717, 1.165) is 49.7 Å². The van der Waals surface area contributed by atoms with Crippen molar-refractivity contribution in [2.75, 3.05) is 40.4 Å². The summed E-state index contributed by atoms with van der Waals surface area (Å²) in [6, 6.07) is 18.5. The Morgan fingerprint density at radius 1 is 0.795 bits per heavy atom. The zero-order valence-electron chi connectivity index (χ0n) is 21.8. The summed E-state index contributed by atoms with van der Waals surface area (Å²) in [7, 11) is 0. The van der Waals surface area contributed by atoms with Crippen molar-refractivity contribution in [1.82, 2.24) is 0 Å². The minimum absolute atomic E-state index is 0.0594. The van der Waals surface area contributed by atoms with Crippen molar-refractivity contribution in [2.24, 2.45) is 0 Å². The number of anilines is 3. The van der Waals surface area contributed by atoms with Crippen molar-refractivity contribution in [3.63, 3.8) is 0 Å². The number of halogens is 4. The maximum atomic E-state index is 13.0. The van der Waals surface area contributed by atoms with Gasteiger partial charge in [-0.1, -0.05) is 6.07 Å². The minimum atomic E-state index is -4.54. The largest absolute Gasteiger partial charge is 0.456 e. The Morgan fingerprint density at radius 3 is 1.74 bits per heavy atom. The van der Waals surface area contributed by atoms with Crippen LogP contribution in [0.3, 0.4) is 0 Å². The van der Waals surface area contributed by atoms with Gasteiger partial charge in [-0.2, -0.15) is 13.2 Å². The average Bonchev–Trinajstić information content (AvgIpc) is 2.91. The van der Waals surface area contributed by atoms with E-state index in [1.54, 1.807) is 36.4 Å². The molecule has 10 heteroatoms. The molecule has 1 aliphatic rings. The number of piperazine rings is 1. The summed E-state index contributed by atoms with van der Waals surface area (Å²) in [4.78, 5) is 29.5. The molecular weight excluding hydrogens is 531 g/mol. The van der Waals surface area contributed by atoms with E-state index in [9.17, 15) is 22.8 Å². The van der Waals surface area contributed by atoms with E-state index in [0.29, 0.717) is 9.98 Å². The number of carbonyl (C=O) groups is 2. The van der Waals surface area contributed by atoms with Crippen molar-refractivity contribution in [1.29, 1.82) is 0 Å². The zero-order chi connectivity index (χ0) is 28.4. The second-order valence-corrected chi connectivity index (χ2v) is 10.5. The Hall–Kier alpha value is -3.72. The fraction of sp³-hybridized carbons (Fsp3) is 0.310. The van der Waals surface area contributed by atoms with Crippen LogP contribution in [0.2, 0.25) is 0 Å². The van der Waals surface area contributed by atoms with Gasteiger partial charge in [-0.3, -0.25) is 4.79 Å². The summed E-state index contributed by atoms with van der Waals surface area (Å²) in [6.07, 6.45) is -4.54. The molecule has 1 fully saturated rings. The van der Waals surface area contributed by atoms with Gasteiger partial charge in [0, 0.05) is 54.9 Å². The van der Waals surface area contributed by atoms with Crippen molar-refractivity contribution in [3.05, 3.63) is 89.5 Å². The van der Waals surface area contributed by atoms with Crippen LogP contribution in [0, 0.1) is 0 Å². The van der Waals surface area contributed by atoms with Gasteiger partial charge in [0.1, 0.15) is 5.60 Å². The van der Waals surface area contributed by atoms with Crippen LogP contribution in [0.5, 0.6) is 0 Å².